The van der Waals surface area contributed by atoms with Crippen LogP contribution in [0, 0.1) is 17.5 Å². The predicted octanol–water partition coefficient (Wildman–Crippen LogP) is 1.13. The second kappa shape index (κ2) is 8.80. The first-order chi connectivity index (χ1) is 14.6. The predicted molar refractivity (Wildman–Crippen MR) is 102 cm³/mol. The monoisotopic (exact) mass is 439 g/mol. The van der Waals surface area contributed by atoms with Crippen molar-refractivity contribution in [2.75, 3.05) is 13.1 Å². The number of aromatic nitrogens is 1. The lowest BCUT2D eigenvalue weighted by Crippen LogP contribution is -2.45. The van der Waals surface area contributed by atoms with Crippen LogP contribution in [0.3, 0.4) is 0 Å². The third kappa shape index (κ3) is 4.41. The van der Waals surface area contributed by atoms with E-state index < -0.39 is 64.2 Å². The van der Waals surface area contributed by atoms with Crippen LogP contribution in [0.1, 0.15) is 39.8 Å². The van der Waals surface area contributed by atoms with Crippen LogP contribution in [-0.2, 0) is 13.1 Å². The van der Waals surface area contributed by atoms with Gasteiger partial charge in [0.25, 0.3) is 11.8 Å². The van der Waals surface area contributed by atoms with Gasteiger partial charge in [-0.25, -0.2) is 13.2 Å². The molecule has 3 N–H and O–H groups in total. The lowest BCUT2D eigenvalue weighted by Gasteiger charge is -2.31. The van der Waals surface area contributed by atoms with Gasteiger partial charge in [0.2, 0.25) is 5.43 Å². The molecule has 166 valence electrons. The Labute approximate surface area is 174 Å². The van der Waals surface area contributed by atoms with E-state index >= 15 is 0 Å². The SMILES string of the molecule is CCC(O)CN1CCn2cc(C(=O)NCc3c(F)cc(F)cc3F)c(=O)c(O)c2C1=O. The van der Waals surface area contributed by atoms with E-state index in [-0.39, 0.29) is 25.3 Å². The third-order valence-electron chi connectivity index (χ3n) is 5.04. The van der Waals surface area contributed by atoms with Crippen molar-refractivity contribution < 1.29 is 33.0 Å². The highest BCUT2D eigenvalue weighted by Crippen LogP contribution is 2.21. The zero-order valence-electron chi connectivity index (χ0n) is 16.5. The lowest BCUT2D eigenvalue weighted by atomic mass is 10.1. The topological polar surface area (TPSA) is 112 Å². The van der Waals surface area contributed by atoms with Crippen LogP contribution in [0.15, 0.2) is 23.1 Å². The smallest absolute Gasteiger partial charge is 0.274 e. The van der Waals surface area contributed by atoms with Crippen LogP contribution in [-0.4, -0.2) is 50.7 Å². The standard InChI is InChI=1S/C20H20F3N3O5/c1-2-11(27)8-26-4-3-25-9-13(17(28)18(29)16(25)20(26)31)19(30)24-7-12-14(22)5-10(21)6-15(12)23/h5-6,9,11,27,29H,2-4,7-8H2,1H3,(H,24,30). The lowest BCUT2D eigenvalue weighted by molar-refractivity contribution is 0.0552. The average molecular weight is 439 g/mol. The molecular weight excluding hydrogens is 419 g/mol. The molecule has 1 aliphatic rings. The minimum Gasteiger partial charge on any atom is -0.503 e. The fourth-order valence-electron chi connectivity index (χ4n) is 3.25. The molecule has 11 heteroatoms. The number of nitrogens with zero attached hydrogens (tertiary/aromatic N) is 2. The largest absolute Gasteiger partial charge is 0.503 e. The number of amides is 2. The Morgan fingerprint density at radius 1 is 1.19 bits per heavy atom. The summed E-state index contributed by atoms with van der Waals surface area (Å²) in [4.78, 5) is 38.8. The summed E-state index contributed by atoms with van der Waals surface area (Å²) in [5.74, 6) is -6.17. The molecule has 0 saturated carbocycles. The Morgan fingerprint density at radius 2 is 1.84 bits per heavy atom. The molecule has 1 aromatic carbocycles. The number of carbonyl (C=O) groups is 2. The summed E-state index contributed by atoms with van der Waals surface area (Å²) in [7, 11) is 0. The molecule has 2 aromatic rings. The molecule has 0 fully saturated rings. The number of aliphatic hydroxyl groups is 1. The molecule has 1 aromatic heterocycles. The number of hydrogen-bond acceptors (Lipinski definition) is 5. The van der Waals surface area contributed by atoms with Crippen LogP contribution < -0.4 is 10.7 Å². The molecule has 0 radical (unpaired) electrons. The van der Waals surface area contributed by atoms with Gasteiger partial charge in [-0.3, -0.25) is 14.4 Å². The van der Waals surface area contributed by atoms with Crippen LogP contribution in [0.5, 0.6) is 5.75 Å². The van der Waals surface area contributed by atoms with Gasteiger partial charge in [0.15, 0.2) is 11.4 Å². The molecule has 0 aliphatic carbocycles. The maximum absolute atomic E-state index is 13.7. The van der Waals surface area contributed by atoms with E-state index in [0.717, 1.165) is 6.20 Å². The van der Waals surface area contributed by atoms with Crippen molar-refractivity contribution in [3.63, 3.8) is 0 Å². The van der Waals surface area contributed by atoms with Crippen molar-refractivity contribution in [3.05, 3.63) is 62.8 Å². The molecule has 8 nitrogen and oxygen atoms in total. The van der Waals surface area contributed by atoms with Crippen molar-refractivity contribution in [3.8, 4) is 5.75 Å². The van der Waals surface area contributed by atoms with Gasteiger partial charge in [-0.1, -0.05) is 6.92 Å². The zero-order valence-corrected chi connectivity index (χ0v) is 16.5. The third-order valence-corrected chi connectivity index (χ3v) is 5.04. The minimum atomic E-state index is -1.21. The molecule has 2 heterocycles. The first kappa shape index (κ1) is 22.3. The van der Waals surface area contributed by atoms with E-state index in [4.69, 9.17) is 0 Å². The number of β-amino-alcohol motifs (C(OH)–C–C–N with tert-alkyl or cyclic N) is 1. The number of aromatic hydroxyl groups is 1. The number of carbonyl (C=O) groups excluding carboxylic acids is 2. The van der Waals surface area contributed by atoms with Crippen molar-refractivity contribution in [1.29, 1.82) is 0 Å². The Morgan fingerprint density at radius 3 is 2.45 bits per heavy atom. The van der Waals surface area contributed by atoms with Crippen molar-refractivity contribution in [2.45, 2.75) is 32.5 Å². The van der Waals surface area contributed by atoms with Crippen molar-refractivity contribution >= 4 is 11.8 Å². The molecule has 1 atom stereocenters. The summed E-state index contributed by atoms with van der Waals surface area (Å²) in [5, 5.41) is 22.2. The number of pyridine rings is 1. The van der Waals surface area contributed by atoms with Gasteiger partial charge in [0.1, 0.15) is 23.0 Å². The highest BCUT2D eigenvalue weighted by Gasteiger charge is 2.31. The average Bonchev–Trinajstić information content (AvgIpc) is 2.71. The molecule has 0 saturated heterocycles. The number of nitrogens with one attached hydrogen (secondary N) is 1. The first-order valence-corrected chi connectivity index (χ1v) is 9.49. The van der Waals surface area contributed by atoms with Gasteiger partial charge in [-0.15, -0.1) is 0 Å². The van der Waals surface area contributed by atoms with Gasteiger partial charge < -0.3 is 25.0 Å². The molecule has 1 unspecified atom stereocenters. The first-order valence-electron chi connectivity index (χ1n) is 9.49. The highest BCUT2D eigenvalue weighted by molar-refractivity contribution is 5.99. The van der Waals surface area contributed by atoms with Crippen molar-refractivity contribution in [2.24, 2.45) is 0 Å². The molecule has 0 spiro atoms. The summed E-state index contributed by atoms with van der Waals surface area (Å²) in [5.41, 5.74) is -2.57. The molecule has 31 heavy (non-hydrogen) atoms. The van der Waals surface area contributed by atoms with Crippen LogP contribution in [0.4, 0.5) is 13.2 Å². The maximum atomic E-state index is 13.7. The molecule has 3 rings (SSSR count). The van der Waals surface area contributed by atoms with Crippen LogP contribution in [0.25, 0.3) is 0 Å². The highest BCUT2D eigenvalue weighted by atomic mass is 19.1. The Hall–Kier alpha value is -3.34. The number of fused-ring (bicyclic) bond motifs is 1. The van der Waals surface area contributed by atoms with Gasteiger partial charge in [0, 0.05) is 50.1 Å². The summed E-state index contributed by atoms with van der Waals surface area (Å²) < 4.78 is 41.7. The number of halogens is 3. The number of aliphatic hydroxyl groups excluding tert-OH is 1. The second-order valence-electron chi connectivity index (χ2n) is 7.11. The van der Waals surface area contributed by atoms with E-state index in [1.807, 2.05) is 0 Å². The van der Waals surface area contributed by atoms with E-state index in [2.05, 4.69) is 5.32 Å². The van der Waals surface area contributed by atoms with Gasteiger partial charge in [-0.05, 0) is 6.42 Å². The number of benzene rings is 1. The molecule has 0 bridgehead atoms. The van der Waals surface area contributed by atoms with E-state index in [0.29, 0.717) is 18.6 Å². The summed E-state index contributed by atoms with van der Waals surface area (Å²) in [6, 6.07) is 0.911. The normalized spacial score (nSPS) is 14.4. The van der Waals surface area contributed by atoms with Crippen molar-refractivity contribution in [1.82, 2.24) is 14.8 Å². The summed E-state index contributed by atoms with van der Waals surface area (Å²) in [6.45, 7) is 1.43. The van der Waals surface area contributed by atoms with Gasteiger partial charge in [0.05, 0.1) is 6.10 Å². The van der Waals surface area contributed by atoms with Crippen LogP contribution in [0.2, 0.25) is 0 Å². The maximum Gasteiger partial charge on any atom is 0.274 e. The van der Waals surface area contributed by atoms with Crippen LogP contribution >= 0.6 is 0 Å². The number of rotatable bonds is 6. The molecular formula is C20H20F3N3O5. The molecule has 2 amide bonds. The summed E-state index contributed by atoms with van der Waals surface area (Å²) in [6.07, 6.45) is 0.730. The zero-order chi connectivity index (χ0) is 22.9. The van der Waals surface area contributed by atoms with E-state index in [1.165, 1.54) is 9.47 Å². The quantitative estimate of drug-likeness (QED) is 0.625. The Balaban J connectivity index is 1.85. The van der Waals surface area contributed by atoms with Gasteiger partial charge >= 0.3 is 0 Å². The fraction of sp³-hybridized carbons (Fsp3) is 0.350. The minimum absolute atomic E-state index is 0.0278. The second-order valence-corrected chi connectivity index (χ2v) is 7.11. The van der Waals surface area contributed by atoms with Gasteiger partial charge in [-0.2, -0.15) is 0 Å². The Kier molecular flexibility index (Phi) is 6.34. The Bertz CT molecular complexity index is 1080. The fourth-order valence-corrected chi connectivity index (χ4v) is 3.25. The van der Waals surface area contributed by atoms with E-state index in [1.54, 1.807) is 6.92 Å². The van der Waals surface area contributed by atoms with E-state index in [9.17, 15) is 37.8 Å². The number of hydrogen-bond donors (Lipinski definition) is 3. The molecule has 1 aliphatic heterocycles. The summed E-state index contributed by atoms with van der Waals surface area (Å²) >= 11 is 0.